The molecule has 0 radical (unpaired) electrons. The Kier molecular flexibility index (Phi) is 10.8. The van der Waals surface area contributed by atoms with E-state index in [1.54, 1.807) is 11.0 Å². The molecule has 7 atom stereocenters. The molecular weight excluding hydrogens is 540 g/mol. The number of nitrogens with zero attached hydrogens (tertiary/aromatic N) is 2. The van der Waals surface area contributed by atoms with Gasteiger partial charge in [0, 0.05) is 17.9 Å². The summed E-state index contributed by atoms with van der Waals surface area (Å²) in [5, 5.41) is 10.2. The van der Waals surface area contributed by atoms with Gasteiger partial charge >= 0.3 is 5.97 Å². The molecule has 3 heterocycles. The Hall–Kier alpha value is -1.71. The van der Waals surface area contributed by atoms with Crippen molar-refractivity contribution in [2.45, 2.75) is 93.8 Å². The van der Waals surface area contributed by atoms with Crippen molar-refractivity contribution in [3.05, 3.63) is 25.3 Å². The number of hydrogen-bond acceptors (Lipinski definition) is 6. The van der Waals surface area contributed by atoms with E-state index < -0.39 is 41.6 Å². The lowest BCUT2D eigenvalue weighted by Gasteiger charge is -2.39. The number of amides is 2. The van der Waals surface area contributed by atoms with Crippen molar-refractivity contribution in [2.75, 3.05) is 26.3 Å². The molecule has 9 heteroatoms. The van der Waals surface area contributed by atoms with Crippen LogP contribution in [0.4, 0.5) is 0 Å². The van der Waals surface area contributed by atoms with Crippen LogP contribution in [-0.4, -0.2) is 87.6 Å². The number of likely N-dealkylation sites (tertiary alicyclic amines) is 1. The average Bonchev–Trinajstić information content (AvgIpc) is 3.47. The molecule has 37 heavy (non-hydrogen) atoms. The van der Waals surface area contributed by atoms with Crippen LogP contribution in [0.3, 0.4) is 0 Å². The van der Waals surface area contributed by atoms with Gasteiger partial charge in [0.1, 0.15) is 11.6 Å². The minimum atomic E-state index is -1.15. The summed E-state index contributed by atoms with van der Waals surface area (Å²) in [5.74, 6) is -2.58. The van der Waals surface area contributed by atoms with Crippen molar-refractivity contribution in [2.24, 2.45) is 11.8 Å². The van der Waals surface area contributed by atoms with E-state index in [1.807, 2.05) is 13.0 Å². The SMILES string of the molecule is C=CCCCCOC(=O)[C@H]1[C@H]2C(=O)N([C@@H](CC)CO)C(C(=O)N(CC=C)CCCCC)C23CC(Br)[C@@H]1O3. The summed E-state index contributed by atoms with van der Waals surface area (Å²) in [5.41, 5.74) is -1.15. The first-order valence-electron chi connectivity index (χ1n) is 13.7. The van der Waals surface area contributed by atoms with E-state index in [1.165, 1.54) is 4.90 Å². The second kappa shape index (κ2) is 13.4. The molecule has 3 rings (SSSR count). The van der Waals surface area contributed by atoms with Crippen molar-refractivity contribution in [3.8, 4) is 0 Å². The fourth-order valence-corrected chi connectivity index (χ4v) is 7.20. The van der Waals surface area contributed by atoms with Crippen LogP contribution in [0.25, 0.3) is 0 Å². The van der Waals surface area contributed by atoms with E-state index in [9.17, 15) is 19.5 Å². The molecule has 3 fully saturated rings. The predicted molar refractivity (Wildman–Crippen MR) is 145 cm³/mol. The summed E-state index contributed by atoms with van der Waals surface area (Å²) in [6.45, 7) is 12.4. The van der Waals surface area contributed by atoms with E-state index in [0.29, 0.717) is 32.4 Å². The van der Waals surface area contributed by atoms with Crippen LogP contribution in [0, 0.1) is 11.8 Å². The number of hydrogen-bond donors (Lipinski definition) is 1. The molecule has 0 saturated carbocycles. The minimum absolute atomic E-state index is 0.188. The average molecular weight is 584 g/mol. The lowest BCUT2D eigenvalue weighted by atomic mass is 9.70. The van der Waals surface area contributed by atoms with Gasteiger partial charge in [-0.15, -0.1) is 13.2 Å². The molecule has 3 unspecified atom stereocenters. The normalized spacial score (nSPS) is 30.8. The van der Waals surface area contributed by atoms with Gasteiger partial charge < -0.3 is 24.4 Å². The second-order valence-corrected chi connectivity index (χ2v) is 11.6. The van der Waals surface area contributed by atoms with E-state index in [4.69, 9.17) is 9.47 Å². The first-order valence-corrected chi connectivity index (χ1v) is 14.7. The zero-order valence-corrected chi connectivity index (χ0v) is 23.9. The highest BCUT2D eigenvalue weighted by molar-refractivity contribution is 9.09. The van der Waals surface area contributed by atoms with Gasteiger partial charge in [0.25, 0.3) is 0 Å². The lowest BCUT2D eigenvalue weighted by Crippen LogP contribution is -2.59. The van der Waals surface area contributed by atoms with Gasteiger partial charge in [0.15, 0.2) is 0 Å². The summed E-state index contributed by atoms with van der Waals surface area (Å²) in [4.78, 5) is 44.6. The van der Waals surface area contributed by atoms with Crippen molar-refractivity contribution in [3.63, 3.8) is 0 Å². The molecule has 208 valence electrons. The second-order valence-electron chi connectivity index (χ2n) is 10.4. The molecule has 2 amide bonds. The maximum absolute atomic E-state index is 14.2. The number of fused-ring (bicyclic) bond motifs is 1. The number of allylic oxidation sites excluding steroid dienone is 1. The third-order valence-electron chi connectivity index (χ3n) is 8.05. The van der Waals surface area contributed by atoms with Gasteiger partial charge in [-0.3, -0.25) is 14.4 Å². The topological polar surface area (TPSA) is 96.4 Å². The van der Waals surface area contributed by atoms with E-state index in [0.717, 1.165) is 32.1 Å². The standard InChI is InChI=1S/C28H43BrN2O6/c1-5-9-11-13-16-36-27(35)21-22-25(33)31(19(8-4)18-32)24(28(22)17-20(29)23(21)37-28)26(34)30(14-7-3)15-12-10-6-2/h5,7,19-24,32H,1,3,6,8-18H2,2,4H3/t19-,20?,21-,22-,23-,24?,28?/m0/s1. The molecule has 0 aromatic rings. The molecule has 1 spiro atoms. The number of carbonyl (C=O) groups is 3. The van der Waals surface area contributed by atoms with Gasteiger partial charge in [-0.25, -0.2) is 0 Å². The van der Waals surface area contributed by atoms with Crippen LogP contribution in [0.1, 0.15) is 65.2 Å². The molecule has 1 N–H and O–H groups in total. The number of esters is 1. The van der Waals surface area contributed by atoms with Crippen LogP contribution < -0.4 is 0 Å². The molecule has 3 aliphatic rings. The predicted octanol–water partition coefficient (Wildman–Crippen LogP) is 3.61. The van der Waals surface area contributed by atoms with Crippen molar-refractivity contribution in [1.29, 1.82) is 0 Å². The van der Waals surface area contributed by atoms with Crippen LogP contribution in [-0.2, 0) is 23.9 Å². The van der Waals surface area contributed by atoms with Gasteiger partial charge in [-0.2, -0.15) is 0 Å². The zero-order chi connectivity index (χ0) is 27.2. The summed E-state index contributed by atoms with van der Waals surface area (Å²) in [6.07, 6.45) is 9.15. The van der Waals surface area contributed by atoms with Crippen LogP contribution in [0.5, 0.6) is 0 Å². The first kappa shape index (κ1) is 29.8. The third kappa shape index (κ3) is 5.69. The van der Waals surface area contributed by atoms with E-state index in [2.05, 4.69) is 36.0 Å². The molecule has 2 bridgehead atoms. The molecule has 3 aliphatic heterocycles. The summed E-state index contributed by atoms with van der Waals surface area (Å²) >= 11 is 3.68. The Morgan fingerprint density at radius 3 is 2.65 bits per heavy atom. The molecular formula is C28H43BrN2O6. The van der Waals surface area contributed by atoms with E-state index in [-0.39, 0.29) is 29.9 Å². The lowest BCUT2D eigenvalue weighted by molar-refractivity contribution is -0.156. The molecule has 0 aromatic heterocycles. The highest BCUT2D eigenvalue weighted by Crippen LogP contribution is 2.60. The van der Waals surface area contributed by atoms with Crippen molar-refractivity contribution in [1.82, 2.24) is 9.80 Å². The van der Waals surface area contributed by atoms with Gasteiger partial charge in [-0.05, 0) is 38.5 Å². The Bertz CT molecular complexity index is 849. The van der Waals surface area contributed by atoms with Gasteiger partial charge in [0.05, 0.1) is 37.2 Å². The summed E-state index contributed by atoms with van der Waals surface area (Å²) in [6, 6.07) is -1.46. The fraction of sp³-hybridized carbons (Fsp3) is 0.750. The number of unbranched alkanes of at least 4 members (excludes halogenated alkanes) is 4. The smallest absolute Gasteiger partial charge is 0.312 e. The Labute approximate surface area is 229 Å². The van der Waals surface area contributed by atoms with Crippen molar-refractivity contribution < 1.29 is 29.0 Å². The van der Waals surface area contributed by atoms with E-state index >= 15 is 0 Å². The monoisotopic (exact) mass is 582 g/mol. The minimum Gasteiger partial charge on any atom is -0.465 e. The van der Waals surface area contributed by atoms with Gasteiger partial charge in [-0.1, -0.05) is 54.8 Å². The van der Waals surface area contributed by atoms with Crippen LogP contribution >= 0.6 is 15.9 Å². The largest absolute Gasteiger partial charge is 0.465 e. The fourth-order valence-electron chi connectivity index (χ4n) is 6.26. The summed E-state index contributed by atoms with van der Waals surface area (Å²) < 4.78 is 12.1. The molecule has 0 aliphatic carbocycles. The number of halogens is 1. The highest BCUT2D eigenvalue weighted by Gasteiger charge is 2.77. The van der Waals surface area contributed by atoms with Crippen LogP contribution in [0.15, 0.2) is 25.3 Å². The van der Waals surface area contributed by atoms with Gasteiger partial charge in [0.2, 0.25) is 11.8 Å². The maximum atomic E-state index is 14.2. The molecule has 0 aromatic carbocycles. The number of rotatable bonds is 16. The number of aliphatic hydroxyl groups is 1. The Morgan fingerprint density at radius 1 is 1.27 bits per heavy atom. The highest BCUT2D eigenvalue weighted by atomic mass is 79.9. The first-order chi connectivity index (χ1) is 17.8. The number of alkyl halides is 1. The Morgan fingerprint density at radius 2 is 2.03 bits per heavy atom. The number of aliphatic hydroxyl groups excluding tert-OH is 1. The third-order valence-corrected chi connectivity index (χ3v) is 8.89. The maximum Gasteiger partial charge on any atom is 0.312 e. The number of ether oxygens (including phenoxy) is 2. The molecule has 8 nitrogen and oxygen atoms in total. The molecule has 3 saturated heterocycles. The van der Waals surface area contributed by atoms with Crippen molar-refractivity contribution >= 4 is 33.7 Å². The number of carbonyl (C=O) groups excluding carboxylic acids is 3. The van der Waals surface area contributed by atoms with Crippen LogP contribution in [0.2, 0.25) is 0 Å². The quantitative estimate of drug-likeness (QED) is 0.129. The Balaban J connectivity index is 1.95. The summed E-state index contributed by atoms with van der Waals surface area (Å²) in [7, 11) is 0. The zero-order valence-electron chi connectivity index (χ0n) is 22.3.